The van der Waals surface area contributed by atoms with Gasteiger partial charge < -0.3 is 15.0 Å². The highest BCUT2D eigenvalue weighted by Crippen LogP contribution is 2.22. The molecular formula is C28H31N7O4S. The molecule has 4 aromatic heterocycles. The number of nitrogens with one attached hydrogen (secondary N) is 1. The second-order valence-corrected chi connectivity index (χ2v) is 11.7. The average molecular weight is 562 g/mol. The number of amides is 1. The van der Waals surface area contributed by atoms with Crippen LogP contribution in [0.15, 0.2) is 66.0 Å². The zero-order valence-corrected chi connectivity index (χ0v) is 23.3. The summed E-state index contributed by atoms with van der Waals surface area (Å²) in [5.41, 5.74) is 3.00. The number of rotatable bonds is 9. The fraction of sp³-hybridized carbons (Fsp3) is 0.321. The highest BCUT2D eigenvalue weighted by atomic mass is 32.2. The van der Waals surface area contributed by atoms with E-state index in [1.165, 1.54) is 18.5 Å². The molecule has 208 valence electrons. The highest BCUT2D eigenvalue weighted by Gasteiger charge is 2.14. The lowest BCUT2D eigenvalue weighted by Gasteiger charge is -2.29. The number of likely N-dealkylation sites (N-methyl/N-ethyl adjacent to an activating group) is 1. The van der Waals surface area contributed by atoms with Gasteiger partial charge in [-0.15, -0.1) is 0 Å². The fourth-order valence-corrected chi connectivity index (χ4v) is 4.92. The molecule has 1 aliphatic rings. The van der Waals surface area contributed by atoms with Crippen LogP contribution in [-0.2, 0) is 21.1 Å². The normalized spacial score (nSPS) is 14.2. The Bertz CT molecular complexity index is 1620. The molecule has 5 rings (SSSR count). The second-order valence-electron chi connectivity index (χ2n) is 9.69. The van der Waals surface area contributed by atoms with Crippen LogP contribution in [0.25, 0.3) is 22.3 Å². The predicted molar refractivity (Wildman–Crippen MR) is 152 cm³/mol. The number of fused-ring (bicyclic) bond motifs is 1. The first-order chi connectivity index (χ1) is 19.3. The van der Waals surface area contributed by atoms with Crippen LogP contribution in [0.1, 0.15) is 16.1 Å². The molecule has 0 atom stereocenters. The third-order valence-corrected chi connectivity index (χ3v) is 7.79. The van der Waals surface area contributed by atoms with Gasteiger partial charge in [-0.3, -0.25) is 19.7 Å². The molecule has 4 aromatic rings. The molecule has 0 bridgehead atoms. The first kappa shape index (κ1) is 27.6. The van der Waals surface area contributed by atoms with Gasteiger partial charge >= 0.3 is 0 Å². The fourth-order valence-electron chi connectivity index (χ4n) is 4.33. The molecule has 0 radical (unpaired) electrons. The number of carbonyl (C=O) groups is 1. The van der Waals surface area contributed by atoms with Crippen molar-refractivity contribution in [1.29, 1.82) is 0 Å². The van der Waals surface area contributed by atoms with E-state index in [1.54, 1.807) is 6.20 Å². The summed E-state index contributed by atoms with van der Waals surface area (Å²) in [5, 5.41) is 3.63. The van der Waals surface area contributed by atoms with Crippen molar-refractivity contribution in [2.24, 2.45) is 0 Å². The van der Waals surface area contributed by atoms with Gasteiger partial charge in [0.15, 0.2) is 9.84 Å². The Morgan fingerprint density at radius 1 is 1.05 bits per heavy atom. The molecule has 0 aliphatic carbocycles. The lowest BCUT2D eigenvalue weighted by atomic mass is 10.2. The Hall–Kier alpha value is -4.00. The minimum absolute atomic E-state index is 0.0123. The summed E-state index contributed by atoms with van der Waals surface area (Å²) in [7, 11) is -1.43. The quantitative estimate of drug-likeness (QED) is 0.324. The number of hydrogen-bond donors (Lipinski definition) is 1. The molecule has 0 spiro atoms. The number of aromatic nitrogens is 4. The summed E-state index contributed by atoms with van der Waals surface area (Å²) in [6, 6.07) is 12.9. The number of sulfone groups is 1. The first-order valence-electron chi connectivity index (χ1n) is 12.9. The summed E-state index contributed by atoms with van der Waals surface area (Å²) in [6.07, 6.45) is 5.33. The number of nitrogens with zero attached hydrogens (tertiary/aromatic N) is 6. The zero-order chi connectivity index (χ0) is 28.1. The average Bonchev–Trinajstić information content (AvgIpc) is 2.98. The SMILES string of the molecule is CN(CCN1CCOCC1)c1cccc(-c2ccc3cnc(CNC(=O)c4cncc(S(C)(=O)=O)c4)cc3n2)n1. The van der Waals surface area contributed by atoms with Crippen molar-refractivity contribution < 1.29 is 17.9 Å². The van der Waals surface area contributed by atoms with Crippen molar-refractivity contribution in [3.05, 3.63) is 72.3 Å². The Kier molecular flexibility index (Phi) is 8.29. The maximum absolute atomic E-state index is 12.6. The molecule has 11 nitrogen and oxygen atoms in total. The van der Waals surface area contributed by atoms with Gasteiger partial charge in [0.1, 0.15) is 5.82 Å². The van der Waals surface area contributed by atoms with Crippen LogP contribution in [0.5, 0.6) is 0 Å². The van der Waals surface area contributed by atoms with Crippen molar-refractivity contribution >= 4 is 32.5 Å². The molecule has 1 aliphatic heterocycles. The van der Waals surface area contributed by atoms with Gasteiger partial charge in [0, 0.05) is 63.5 Å². The summed E-state index contributed by atoms with van der Waals surface area (Å²) >= 11 is 0. The van der Waals surface area contributed by atoms with Gasteiger partial charge in [-0.1, -0.05) is 6.07 Å². The number of pyridine rings is 4. The molecule has 40 heavy (non-hydrogen) atoms. The van der Waals surface area contributed by atoms with Crippen LogP contribution in [-0.4, -0.2) is 91.9 Å². The number of anilines is 1. The van der Waals surface area contributed by atoms with Crippen LogP contribution in [0.2, 0.25) is 0 Å². The van der Waals surface area contributed by atoms with Gasteiger partial charge in [-0.2, -0.15) is 0 Å². The molecule has 1 saturated heterocycles. The van der Waals surface area contributed by atoms with Crippen LogP contribution < -0.4 is 10.2 Å². The molecule has 5 heterocycles. The van der Waals surface area contributed by atoms with E-state index in [9.17, 15) is 13.2 Å². The molecule has 1 fully saturated rings. The maximum atomic E-state index is 12.6. The minimum Gasteiger partial charge on any atom is -0.379 e. The van der Waals surface area contributed by atoms with Crippen molar-refractivity contribution in [1.82, 2.24) is 30.2 Å². The largest absolute Gasteiger partial charge is 0.379 e. The van der Waals surface area contributed by atoms with E-state index in [0.29, 0.717) is 5.69 Å². The van der Waals surface area contributed by atoms with Crippen LogP contribution >= 0.6 is 0 Å². The highest BCUT2D eigenvalue weighted by molar-refractivity contribution is 7.90. The van der Waals surface area contributed by atoms with E-state index in [4.69, 9.17) is 14.7 Å². The first-order valence-corrected chi connectivity index (χ1v) is 14.8. The van der Waals surface area contributed by atoms with E-state index in [2.05, 4.69) is 25.1 Å². The Morgan fingerprint density at radius 3 is 2.65 bits per heavy atom. The molecule has 1 N–H and O–H groups in total. The van der Waals surface area contributed by atoms with E-state index in [-0.39, 0.29) is 17.0 Å². The summed E-state index contributed by atoms with van der Waals surface area (Å²) in [6.45, 7) is 5.43. The predicted octanol–water partition coefficient (Wildman–Crippen LogP) is 2.19. The van der Waals surface area contributed by atoms with Crippen LogP contribution in [0, 0.1) is 0 Å². The molecular weight excluding hydrogens is 530 g/mol. The summed E-state index contributed by atoms with van der Waals surface area (Å²) in [5.74, 6) is 0.431. The second kappa shape index (κ2) is 12.0. The lowest BCUT2D eigenvalue weighted by Crippen LogP contribution is -2.40. The summed E-state index contributed by atoms with van der Waals surface area (Å²) in [4.78, 5) is 35.1. The van der Waals surface area contributed by atoms with Gasteiger partial charge in [0.05, 0.1) is 52.8 Å². The van der Waals surface area contributed by atoms with Crippen molar-refractivity contribution in [3.8, 4) is 11.4 Å². The number of ether oxygens (including phenoxy) is 1. The smallest absolute Gasteiger partial charge is 0.253 e. The van der Waals surface area contributed by atoms with Crippen molar-refractivity contribution in [3.63, 3.8) is 0 Å². The van der Waals surface area contributed by atoms with Crippen LogP contribution in [0.3, 0.4) is 0 Å². The Morgan fingerprint density at radius 2 is 1.85 bits per heavy atom. The van der Waals surface area contributed by atoms with Gasteiger partial charge in [0.2, 0.25) is 0 Å². The van der Waals surface area contributed by atoms with Crippen molar-refractivity contribution in [2.45, 2.75) is 11.4 Å². The van der Waals surface area contributed by atoms with E-state index < -0.39 is 15.7 Å². The van der Waals surface area contributed by atoms with Crippen LogP contribution in [0.4, 0.5) is 5.82 Å². The van der Waals surface area contributed by atoms with E-state index in [0.717, 1.165) is 73.8 Å². The molecule has 1 amide bonds. The summed E-state index contributed by atoms with van der Waals surface area (Å²) < 4.78 is 29.0. The third kappa shape index (κ3) is 6.76. The van der Waals surface area contributed by atoms with E-state index in [1.807, 2.05) is 43.4 Å². The molecule has 12 heteroatoms. The third-order valence-electron chi connectivity index (χ3n) is 6.71. The van der Waals surface area contributed by atoms with Gasteiger partial charge in [-0.05, 0) is 36.4 Å². The standard InChI is InChI=1S/C28H31N7O4S/c1-34(8-9-35-10-12-39-13-11-35)27-5-3-4-24(33-27)25-7-6-20-17-30-22(15-26(20)32-25)18-31-28(36)21-14-23(19-29-16-21)40(2,37)38/h3-7,14-17,19H,8-13,18H2,1-2H3,(H,31,36). The zero-order valence-electron chi connectivity index (χ0n) is 22.4. The van der Waals surface area contributed by atoms with E-state index >= 15 is 0 Å². The van der Waals surface area contributed by atoms with Crippen molar-refractivity contribution in [2.75, 3.05) is 57.6 Å². The Labute approximate surface area is 233 Å². The molecule has 0 aromatic carbocycles. The van der Waals surface area contributed by atoms with Gasteiger partial charge in [0.25, 0.3) is 5.91 Å². The Balaban J connectivity index is 1.27. The van der Waals surface area contributed by atoms with Gasteiger partial charge in [-0.25, -0.2) is 18.4 Å². The maximum Gasteiger partial charge on any atom is 0.253 e. The topological polar surface area (TPSA) is 131 Å². The minimum atomic E-state index is -3.47. The molecule has 0 unspecified atom stereocenters. The lowest BCUT2D eigenvalue weighted by molar-refractivity contribution is 0.0392. The number of hydrogen-bond acceptors (Lipinski definition) is 10. The number of carbonyl (C=O) groups excluding carboxylic acids is 1. The number of morpholine rings is 1. The monoisotopic (exact) mass is 561 g/mol. The molecule has 0 saturated carbocycles.